The van der Waals surface area contributed by atoms with Gasteiger partial charge in [0.1, 0.15) is 6.04 Å². The summed E-state index contributed by atoms with van der Waals surface area (Å²) in [4.78, 5) is 11.9. The molecule has 1 saturated heterocycles. The van der Waals surface area contributed by atoms with Crippen molar-refractivity contribution in [3.8, 4) is 0 Å². The minimum atomic E-state index is -3.71. The highest BCUT2D eigenvalue weighted by atomic mass is 32.2. The summed E-state index contributed by atoms with van der Waals surface area (Å²) in [5, 5.41) is 0. The van der Waals surface area contributed by atoms with Crippen molar-refractivity contribution in [3.63, 3.8) is 0 Å². The first-order chi connectivity index (χ1) is 9.46. The smallest absolute Gasteiger partial charge is 0.324 e. The van der Waals surface area contributed by atoms with E-state index in [1.165, 1.54) is 35.7 Å². The Hall–Kier alpha value is -1.60. The zero-order valence-electron chi connectivity index (χ0n) is 11.3. The van der Waals surface area contributed by atoms with E-state index < -0.39 is 22.0 Å². The number of methoxy groups -OCH3 is 1. The molecule has 0 bridgehead atoms. The quantitative estimate of drug-likeness (QED) is 0.664. The van der Waals surface area contributed by atoms with Crippen LogP contribution < -0.4 is 5.73 Å². The van der Waals surface area contributed by atoms with Crippen LogP contribution >= 0.6 is 0 Å². The van der Waals surface area contributed by atoms with Crippen LogP contribution in [-0.4, -0.2) is 38.4 Å². The highest BCUT2D eigenvalue weighted by Crippen LogP contribution is 2.26. The van der Waals surface area contributed by atoms with Gasteiger partial charge in [-0.1, -0.05) is 0 Å². The summed E-state index contributed by atoms with van der Waals surface area (Å²) in [6, 6.07) is 5.23. The third-order valence-electron chi connectivity index (χ3n) is 3.41. The molecule has 2 N–H and O–H groups in total. The van der Waals surface area contributed by atoms with Crippen molar-refractivity contribution in [2.24, 2.45) is 0 Å². The third-order valence-corrected chi connectivity index (χ3v) is 5.34. The Morgan fingerprint density at radius 2 is 1.95 bits per heavy atom. The number of hydrogen-bond acceptors (Lipinski definition) is 5. The molecule has 2 rings (SSSR count). The maximum absolute atomic E-state index is 12.6. The summed E-state index contributed by atoms with van der Waals surface area (Å²) in [6.45, 7) is 0.326. The lowest BCUT2D eigenvalue weighted by Crippen LogP contribution is -2.48. The summed E-state index contributed by atoms with van der Waals surface area (Å²) >= 11 is 0. The van der Waals surface area contributed by atoms with Crippen molar-refractivity contribution in [1.82, 2.24) is 4.31 Å². The van der Waals surface area contributed by atoms with Gasteiger partial charge in [-0.2, -0.15) is 4.31 Å². The van der Waals surface area contributed by atoms with Gasteiger partial charge < -0.3 is 10.5 Å². The number of carbonyl (C=O) groups excluding carboxylic acids is 1. The molecule has 6 nitrogen and oxygen atoms in total. The van der Waals surface area contributed by atoms with Gasteiger partial charge in [-0.15, -0.1) is 0 Å². The van der Waals surface area contributed by atoms with Crippen molar-refractivity contribution in [2.45, 2.75) is 30.2 Å². The minimum Gasteiger partial charge on any atom is -0.468 e. The highest BCUT2D eigenvalue weighted by Gasteiger charge is 2.38. The summed E-state index contributed by atoms with van der Waals surface area (Å²) in [6.07, 6.45) is 2.04. The van der Waals surface area contributed by atoms with Crippen LogP contribution in [0.15, 0.2) is 29.2 Å². The lowest BCUT2D eigenvalue weighted by Gasteiger charge is -2.32. The van der Waals surface area contributed by atoms with Crippen LogP contribution in [0.1, 0.15) is 19.3 Å². The molecule has 0 amide bonds. The van der Waals surface area contributed by atoms with E-state index in [2.05, 4.69) is 0 Å². The van der Waals surface area contributed by atoms with Gasteiger partial charge in [0.05, 0.1) is 12.0 Å². The van der Waals surface area contributed by atoms with Crippen LogP contribution in [0.25, 0.3) is 0 Å². The second kappa shape index (κ2) is 5.80. The zero-order valence-corrected chi connectivity index (χ0v) is 12.1. The molecular formula is C13H18N2O4S. The van der Waals surface area contributed by atoms with Gasteiger partial charge >= 0.3 is 5.97 Å². The lowest BCUT2D eigenvalue weighted by molar-refractivity contribution is -0.146. The molecule has 1 aliphatic heterocycles. The Kier molecular flexibility index (Phi) is 4.29. The van der Waals surface area contributed by atoms with Crippen molar-refractivity contribution >= 4 is 21.7 Å². The van der Waals surface area contributed by atoms with E-state index in [4.69, 9.17) is 10.5 Å². The molecule has 20 heavy (non-hydrogen) atoms. The number of carbonyl (C=O) groups is 1. The van der Waals surface area contributed by atoms with Gasteiger partial charge in [-0.05, 0) is 43.5 Å². The first kappa shape index (κ1) is 14.8. The molecule has 1 fully saturated rings. The molecule has 0 aromatic heterocycles. The Balaban J connectivity index is 2.35. The summed E-state index contributed by atoms with van der Waals surface area (Å²) in [7, 11) is -2.44. The van der Waals surface area contributed by atoms with E-state index in [-0.39, 0.29) is 4.90 Å². The second-order valence-electron chi connectivity index (χ2n) is 4.72. The second-order valence-corrected chi connectivity index (χ2v) is 6.61. The molecule has 1 unspecified atom stereocenters. The standard InChI is InChI=1S/C13H18N2O4S/c1-19-13(16)12-4-2-3-9-15(12)20(17,18)11-7-5-10(14)6-8-11/h5-8,12H,2-4,9,14H2,1H3. The monoisotopic (exact) mass is 298 g/mol. The fourth-order valence-corrected chi connectivity index (χ4v) is 3.99. The maximum atomic E-state index is 12.6. The molecule has 7 heteroatoms. The molecule has 1 aromatic carbocycles. The Morgan fingerprint density at radius 3 is 2.55 bits per heavy atom. The van der Waals surface area contributed by atoms with Gasteiger partial charge in [0, 0.05) is 12.2 Å². The fourth-order valence-electron chi connectivity index (χ4n) is 2.34. The summed E-state index contributed by atoms with van der Waals surface area (Å²) in [5.41, 5.74) is 6.06. The third kappa shape index (κ3) is 2.78. The highest BCUT2D eigenvalue weighted by molar-refractivity contribution is 7.89. The van der Waals surface area contributed by atoms with Gasteiger partial charge in [0.2, 0.25) is 10.0 Å². The van der Waals surface area contributed by atoms with Gasteiger partial charge in [-0.3, -0.25) is 4.79 Å². The molecule has 1 atom stereocenters. The average Bonchev–Trinajstić information content (AvgIpc) is 2.47. The normalized spacial score (nSPS) is 20.6. The predicted molar refractivity (Wildman–Crippen MR) is 74.4 cm³/mol. The fraction of sp³-hybridized carbons (Fsp3) is 0.462. The number of ether oxygens (including phenoxy) is 1. The van der Waals surface area contributed by atoms with Gasteiger partial charge in [0.25, 0.3) is 0 Å². The number of rotatable bonds is 3. The van der Waals surface area contributed by atoms with E-state index >= 15 is 0 Å². The topological polar surface area (TPSA) is 89.7 Å². The average molecular weight is 298 g/mol. The number of benzene rings is 1. The number of nitrogen functional groups attached to an aromatic ring is 1. The van der Waals surface area contributed by atoms with Gasteiger partial charge in [0.15, 0.2) is 0 Å². The Bertz CT molecular complexity index is 583. The number of hydrogen-bond donors (Lipinski definition) is 1. The number of esters is 1. The molecule has 1 aliphatic rings. The van der Waals surface area contributed by atoms with Gasteiger partial charge in [-0.25, -0.2) is 8.42 Å². The number of nitrogens with zero attached hydrogens (tertiary/aromatic N) is 1. The van der Waals surface area contributed by atoms with Crippen molar-refractivity contribution in [2.75, 3.05) is 19.4 Å². The van der Waals surface area contributed by atoms with Crippen LogP contribution in [0.4, 0.5) is 5.69 Å². The Morgan fingerprint density at radius 1 is 1.30 bits per heavy atom. The van der Waals surface area contributed by atoms with Crippen LogP contribution in [0, 0.1) is 0 Å². The van der Waals surface area contributed by atoms with Crippen LogP contribution in [0.5, 0.6) is 0 Å². The van der Waals surface area contributed by atoms with E-state index in [0.29, 0.717) is 18.7 Å². The molecule has 110 valence electrons. The minimum absolute atomic E-state index is 0.141. The number of piperidine rings is 1. The van der Waals surface area contributed by atoms with Crippen LogP contribution in [-0.2, 0) is 19.6 Å². The molecule has 0 aliphatic carbocycles. The van der Waals surface area contributed by atoms with Crippen LogP contribution in [0.3, 0.4) is 0 Å². The largest absolute Gasteiger partial charge is 0.468 e. The van der Waals surface area contributed by atoms with Crippen molar-refractivity contribution < 1.29 is 17.9 Å². The van der Waals surface area contributed by atoms with E-state index in [1.54, 1.807) is 0 Å². The number of anilines is 1. The lowest BCUT2D eigenvalue weighted by atomic mass is 10.1. The predicted octanol–water partition coefficient (Wildman–Crippen LogP) is 0.985. The molecule has 0 spiro atoms. The molecular weight excluding hydrogens is 280 g/mol. The molecule has 1 aromatic rings. The van der Waals surface area contributed by atoms with Crippen molar-refractivity contribution in [3.05, 3.63) is 24.3 Å². The molecule has 1 heterocycles. The van der Waals surface area contributed by atoms with E-state index in [1.807, 2.05) is 0 Å². The first-order valence-electron chi connectivity index (χ1n) is 6.42. The number of sulfonamides is 1. The van der Waals surface area contributed by atoms with Crippen LogP contribution in [0.2, 0.25) is 0 Å². The number of nitrogens with two attached hydrogens (primary N) is 1. The van der Waals surface area contributed by atoms with Crippen molar-refractivity contribution in [1.29, 1.82) is 0 Å². The van der Waals surface area contributed by atoms with E-state index in [0.717, 1.165) is 12.8 Å². The summed E-state index contributed by atoms with van der Waals surface area (Å²) < 4.78 is 31.1. The maximum Gasteiger partial charge on any atom is 0.324 e. The van der Waals surface area contributed by atoms with E-state index in [9.17, 15) is 13.2 Å². The molecule has 0 radical (unpaired) electrons. The summed E-state index contributed by atoms with van der Waals surface area (Å²) in [5.74, 6) is -0.510. The zero-order chi connectivity index (χ0) is 14.8. The SMILES string of the molecule is COC(=O)C1CCCCN1S(=O)(=O)c1ccc(N)cc1. The Labute approximate surface area is 118 Å². The first-order valence-corrected chi connectivity index (χ1v) is 7.86. The molecule has 0 saturated carbocycles.